The van der Waals surface area contributed by atoms with Crippen molar-refractivity contribution in [3.63, 3.8) is 0 Å². The van der Waals surface area contributed by atoms with Gasteiger partial charge in [-0.05, 0) is 12.1 Å². The van der Waals surface area contributed by atoms with Crippen LogP contribution in [-0.2, 0) is 31.6 Å². The molecule has 0 bridgehead atoms. The number of nitrogens with one attached hydrogen (secondary N) is 1. The Kier molecular flexibility index (Phi) is 6.56. The summed E-state index contributed by atoms with van der Waals surface area (Å²) in [5, 5.41) is 0. The minimum Gasteiger partial charge on any atom is -0.385 e. The Hall–Kier alpha value is -0.530. The van der Waals surface area contributed by atoms with Crippen LogP contribution in [0, 0.1) is 0 Å². The molecule has 18 heteroatoms. The number of nitrogen functional groups attached to an aromatic ring is 1. The van der Waals surface area contributed by atoms with Crippen molar-refractivity contribution in [2.75, 3.05) is 11.5 Å². The van der Waals surface area contributed by atoms with E-state index in [0.29, 0.717) is 0 Å². The molecule has 1 saturated heterocycles. The van der Waals surface area contributed by atoms with Crippen LogP contribution in [0.5, 0.6) is 0 Å². The van der Waals surface area contributed by atoms with Crippen molar-refractivity contribution in [1.29, 1.82) is 0 Å². The normalized spacial score (nSPS) is 25.5. The lowest BCUT2D eigenvalue weighted by molar-refractivity contribution is -0.0523. The van der Waals surface area contributed by atoms with Gasteiger partial charge in [-0.25, -0.2) is 18.2 Å². The predicted octanol–water partition coefficient (Wildman–Crippen LogP) is 0.389. The van der Waals surface area contributed by atoms with Crippen molar-refractivity contribution in [3.8, 4) is 0 Å². The summed E-state index contributed by atoms with van der Waals surface area (Å²) in [5.74, 6) is 0.238. The molecule has 7 N–H and O–H groups in total. The van der Waals surface area contributed by atoms with E-state index >= 15 is 0 Å². The van der Waals surface area contributed by atoms with Crippen molar-refractivity contribution >= 4 is 41.0 Å². The summed E-state index contributed by atoms with van der Waals surface area (Å²) in [6.45, 7) is 0. The molecule has 2 rings (SSSR count). The zero-order valence-electron chi connectivity index (χ0n) is 12.4. The molecule has 0 saturated carbocycles. The van der Waals surface area contributed by atoms with Gasteiger partial charge in [-0.2, -0.15) is 8.62 Å². The number of ether oxygens (including phenoxy) is 1. The summed E-state index contributed by atoms with van der Waals surface area (Å²) in [4.78, 5) is 49.5. The average molecular weight is 454 g/mol. The molecule has 2 unspecified atom stereocenters. The molecule has 1 aliphatic heterocycles. The zero-order chi connectivity index (χ0) is 19.8. The first-order chi connectivity index (χ1) is 11.8. The second kappa shape index (κ2) is 7.84. The number of phosphoric ester groups is 1. The Labute approximate surface area is 149 Å². The molecule has 0 amide bonds. The number of hydrogen-bond acceptors (Lipinski definition) is 10. The van der Waals surface area contributed by atoms with Crippen LogP contribution < -0.4 is 11.3 Å². The molecule has 0 radical (unpaired) electrons. The van der Waals surface area contributed by atoms with Crippen LogP contribution >= 0.6 is 35.2 Å². The van der Waals surface area contributed by atoms with E-state index in [1.807, 2.05) is 0 Å². The standard InChI is InChI=1S/C8H13N2O12P3S/c9-6-2-1-4(7(11)10-6)5-3-26-8(19-5)20-24(15,16)22-25(17,18)21-23(12,13)14/h1-2,5,8H,3H2,(H,15,16)(H,17,18)(H3,9,10,11)(H2,12,13,14)/t5-,8-/m0/s1. The lowest BCUT2D eigenvalue weighted by atomic mass is 10.2. The highest BCUT2D eigenvalue weighted by molar-refractivity contribution is 8.00. The van der Waals surface area contributed by atoms with Gasteiger partial charge in [0.2, 0.25) is 5.62 Å². The first-order valence-corrected chi connectivity index (χ1v) is 11.9. The van der Waals surface area contributed by atoms with Crippen LogP contribution in [0.15, 0.2) is 16.9 Å². The summed E-state index contributed by atoms with van der Waals surface area (Å²) >= 11 is 0.818. The van der Waals surface area contributed by atoms with Crippen molar-refractivity contribution in [2.45, 2.75) is 11.7 Å². The molecule has 4 atom stereocenters. The van der Waals surface area contributed by atoms with Gasteiger partial charge in [-0.1, -0.05) is 11.8 Å². The third kappa shape index (κ3) is 6.57. The van der Waals surface area contributed by atoms with Crippen molar-refractivity contribution in [1.82, 2.24) is 4.98 Å². The van der Waals surface area contributed by atoms with Crippen molar-refractivity contribution < 1.29 is 51.2 Å². The van der Waals surface area contributed by atoms with Gasteiger partial charge in [0.15, 0.2) is 0 Å². The average Bonchev–Trinajstić information content (AvgIpc) is 2.81. The van der Waals surface area contributed by atoms with E-state index in [4.69, 9.17) is 25.2 Å². The highest BCUT2D eigenvalue weighted by Crippen LogP contribution is 2.67. The minimum absolute atomic E-state index is 0.118. The van der Waals surface area contributed by atoms with E-state index in [9.17, 15) is 23.4 Å². The largest absolute Gasteiger partial charge is 0.490 e. The molecule has 1 fully saturated rings. The fourth-order valence-corrected chi connectivity index (χ4v) is 6.06. The number of pyridine rings is 1. The number of nitrogens with two attached hydrogens (primary N) is 1. The lowest BCUT2D eigenvalue weighted by Gasteiger charge is -2.18. The molecule has 0 aliphatic carbocycles. The van der Waals surface area contributed by atoms with E-state index < -0.39 is 40.8 Å². The van der Waals surface area contributed by atoms with Crippen LogP contribution in [0.1, 0.15) is 11.7 Å². The van der Waals surface area contributed by atoms with Gasteiger partial charge in [0.05, 0.1) is 0 Å². The quantitative estimate of drug-likeness (QED) is 0.306. The zero-order valence-corrected chi connectivity index (χ0v) is 15.9. The molecule has 1 aromatic heterocycles. The number of thioether (sulfide) groups is 1. The topological polar surface area (TPSA) is 228 Å². The van der Waals surface area contributed by atoms with E-state index in [0.717, 1.165) is 11.8 Å². The number of phosphoric acid groups is 3. The number of H-pyrrole nitrogens is 1. The van der Waals surface area contributed by atoms with Gasteiger partial charge in [-0.15, -0.1) is 0 Å². The Morgan fingerprint density at radius 3 is 2.38 bits per heavy atom. The predicted molar refractivity (Wildman–Crippen MR) is 86.5 cm³/mol. The maximum Gasteiger partial charge on any atom is 0.490 e. The van der Waals surface area contributed by atoms with Gasteiger partial charge >= 0.3 is 23.5 Å². The van der Waals surface area contributed by atoms with Gasteiger partial charge < -0.3 is 35.0 Å². The number of hydrogen-bond donors (Lipinski definition) is 6. The fraction of sp³-hybridized carbons (Fsp3) is 0.375. The van der Waals surface area contributed by atoms with Crippen LogP contribution in [0.25, 0.3) is 0 Å². The molecule has 2 heterocycles. The Bertz CT molecular complexity index is 868. The number of aromatic nitrogens is 1. The van der Waals surface area contributed by atoms with Crippen LogP contribution in [0.3, 0.4) is 0 Å². The summed E-state index contributed by atoms with van der Waals surface area (Å²) < 4.78 is 50.3. The van der Waals surface area contributed by atoms with Crippen molar-refractivity contribution in [2.24, 2.45) is 0 Å². The molecule has 0 aromatic carbocycles. The Morgan fingerprint density at radius 2 is 1.81 bits per heavy atom. The van der Waals surface area contributed by atoms with Crippen molar-refractivity contribution in [3.05, 3.63) is 28.0 Å². The van der Waals surface area contributed by atoms with E-state index in [1.165, 1.54) is 12.1 Å². The van der Waals surface area contributed by atoms with Gasteiger partial charge in [-0.3, -0.25) is 4.79 Å². The van der Waals surface area contributed by atoms with Gasteiger partial charge in [0.25, 0.3) is 5.56 Å². The number of aromatic amines is 1. The second-order valence-electron chi connectivity index (χ2n) is 4.64. The molecule has 14 nitrogen and oxygen atoms in total. The SMILES string of the molecule is Nc1ccc([C@@H]2CS[C@H](OP(=O)(O)OP(=O)(O)OP(=O)(O)O)O2)c(=O)[nH]1. The molecular weight excluding hydrogens is 441 g/mol. The summed E-state index contributed by atoms with van der Waals surface area (Å²) in [5.41, 5.74) is 3.54. The molecule has 0 spiro atoms. The molecule has 1 aliphatic rings. The van der Waals surface area contributed by atoms with E-state index in [2.05, 4.69) is 18.1 Å². The van der Waals surface area contributed by atoms with E-state index in [-0.39, 0.29) is 17.1 Å². The molecule has 1 aromatic rings. The smallest absolute Gasteiger partial charge is 0.385 e. The fourth-order valence-electron chi connectivity index (χ4n) is 1.76. The highest BCUT2D eigenvalue weighted by Gasteiger charge is 2.43. The first-order valence-electron chi connectivity index (χ1n) is 6.34. The molecule has 148 valence electrons. The number of rotatable bonds is 7. The second-order valence-corrected chi connectivity index (χ2v) is 10.1. The van der Waals surface area contributed by atoms with Gasteiger partial charge in [0, 0.05) is 11.3 Å². The maximum absolute atomic E-state index is 11.8. The summed E-state index contributed by atoms with van der Waals surface area (Å²) in [6, 6.07) is 2.78. The Morgan fingerprint density at radius 1 is 1.15 bits per heavy atom. The Balaban J connectivity index is 2.00. The maximum atomic E-state index is 11.8. The first kappa shape index (κ1) is 21.8. The van der Waals surface area contributed by atoms with E-state index in [1.54, 1.807) is 0 Å². The minimum atomic E-state index is -5.61. The van der Waals surface area contributed by atoms with Crippen LogP contribution in [0.4, 0.5) is 5.82 Å². The highest BCUT2D eigenvalue weighted by atomic mass is 32.2. The molecular formula is C8H13N2O12P3S. The monoisotopic (exact) mass is 454 g/mol. The molecule has 26 heavy (non-hydrogen) atoms. The summed E-state index contributed by atoms with van der Waals surface area (Å²) in [6.07, 6.45) is -0.846. The van der Waals surface area contributed by atoms with Crippen LogP contribution in [-0.4, -0.2) is 35.9 Å². The van der Waals surface area contributed by atoms with Gasteiger partial charge in [0.1, 0.15) is 11.9 Å². The van der Waals surface area contributed by atoms with Crippen LogP contribution in [0.2, 0.25) is 0 Å². The summed E-state index contributed by atoms with van der Waals surface area (Å²) in [7, 11) is -16.4. The third-order valence-electron chi connectivity index (χ3n) is 2.60. The third-order valence-corrected chi connectivity index (χ3v) is 7.51. The number of anilines is 1. The lowest BCUT2D eigenvalue weighted by Crippen LogP contribution is -2.19.